The molecule has 1 aromatic heterocycles. The Balaban J connectivity index is 2.81. The molecule has 80 valence electrons. The molecule has 0 saturated heterocycles. The van der Waals surface area contributed by atoms with Gasteiger partial charge in [-0.15, -0.1) is 11.3 Å². The molecule has 0 aliphatic heterocycles. The first-order valence-corrected chi connectivity index (χ1v) is 5.90. The minimum Gasteiger partial charge on any atom is -0.271 e. The van der Waals surface area contributed by atoms with Crippen molar-refractivity contribution in [3.05, 3.63) is 21.9 Å². The molecule has 0 aliphatic rings. The highest BCUT2D eigenvalue weighted by atomic mass is 32.1. The summed E-state index contributed by atoms with van der Waals surface area (Å²) in [6.45, 7) is 8.83. The molecule has 3 N–H and O–H groups in total. The van der Waals surface area contributed by atoms with Crippen LogP contribution in [0.1, 0.15) is 36.6 Å². The lowest BCUT2D eigenvalue weighted by atomic mass is 9.90. The Morgan fingerprint density at radius 2 is 1.93 bits per heavy atom. The van der Waals surface area contributed by atoms with Crippen LogP contribution in [0, 0.1) is 18.8 Å². The zero-order valence-corrected chi connectivity index (χ0v) is 10.2. The molecule has 1 heterocycles. The van der Waals surface area contributed by atoms with Gasteiger partial charge >= 0.3 is 0 Å². The maximum absolute atomic E-state index is 5.61. The molecule has 2 atom stereocenters. The molecule has 0 radical (unpaired) electrons. The molecule has 3 heteroatoms. The lowest BCUT2D eigenvalue weighted by Gasteiger charge is -2.25. The Kier molecular flexibility index (Phi) is 4.11. The summed E-state index contributed by atoms with van der Waals surface area (Å²) in [5.41, 5.74) is 2.92. The van der Waals surface area contributed by atoms with E-state index < -0.39 is 0 Å². The highest BCUT2D eigenvalue weighted by Gasteiger charge is 2.21. The summed E-state index contributed by atoms with van der Waals surface area (Å²) in [5.74, 6) is 6.80. The predicted molar refractivity (Wildman–Crippen MR) is 63.1 cm³/mol. The van der Waals surface area contributed by atoms with Crippen molar-refractivity contribution in [2.45, 2.75) is 33.7 Å². The first kappa shape index (κ1) is 11.7. The first-order chi connectivity index (χ1) is 6.56. The van der Waals surface area contributed by atoms with Gasteiger partial charge in [0, 0.05) is 9.75 Å². The third kappa shape index (κ3) is 2.56. The van der Waals surface area contributed by atoms with Gasteiger partial charge in [0.2, 0.25) is 0 Å². The van der Waals surface area contributed by atoms with Gasteiger partial charge in [-0.25, -0.2) is 0 Å². The monoisotopic (exact) mass is 212 g/mol. The maximum atomic E-state index is 5.61. The van der Waals surface area contributed by atoms with Gasteiger partial charge in [-0.3, -0.25) is 11.3 Å². The van der Waals surface area contributed by atoms with E-state index in [0.717, 1.165) is 0 Å². The molecule has 0 aliphatic carbocycles. The predicted octanol–water partition coefficient (Wildman–Crippen LogP) is 2.85. The molecular weight excluding hydrogens is 192 g/mol. The van der Waals surface area contributed by atoms with Crippen molar-refractivity contribution in [2.75, 3.05) is 0 Å². The lowest BCUT2D eigenvalue weighted by Crippen LogP contribution is -2.33. The summed E-state index contributed by atoms with van der Waals surface area (Å²) in [6, 6.07) is 4.61. The van der Waals surface area contributed by atoms with Crippen LogP contribution < -0.4 is 11.3 Å². The summed E-state index contributed by atoms with van der Waals surface area (Å²) in [5, 5.41) is 0. The molecule has 2 nitrogen and oxygen atoms in total. The maximum Gasteiger partial charge on any atom is 0.0581 e. The van der Waals surface area contributed by atoms with Crippen LogP contribution in [0.4, 0.5) is 0 Å². The lowest BCUT2D eigenvalue weighted by molar-refractivity contribution is 0.310. The molecule has 0 amide bonds. The fourth-order valence-corrected chi connectivity index (χ4v) is 2.55. The van der Waals surface area contributed by atoms with E-state index in [1.807, 2.05) is 11.3 Å². The minimum atomic E-state index is 0.286. The van der Waals surface area contributed by atoms with Crippen molar-refractivity contribution in [3.8, 4) is 0 Å². The standard InChI is InChI=1S/C11H20N2S/c1-7(2)9(4)11(13-12)10-6-5-8(3)14-10/h5-7,9,11,13H,12H2,1-4H3. The normalized spacial score (nSPS) is 15.9. The molecule has 0 fully saturated rings. The number of hydrazine groups is 1. The van der Waals surface area contributed by atoms with Gasteiger partial charge in [-0.05, 0) is 30.9 Å². The van der Waals surface area contributed by atoms with Crippen molar-refractivity contribution >= 4 is 11.3 Å². The summed E-state index contributed by atoms with van der Waals surface area (Å²) in [7, 11) is 0. The van der Waals surface area contributed by atoms with Gasteiger partial charge in [0.15, 0.2) is 0 Å². The number of hydrogen-bond donors (Lipinski definition) is 2. The third-order valence-electron chi connectivity index (χ3n) is 2.82. The number of aryl methyl sites for hydroxylation is 1. The molecule has 0 bridgehead atoms. The van der Waals surface area contributed by atoms with E-state index >= 15 is 0 Å². The zero-order chi connectivity index (χ0) is 10.7. The Hall–Kier alpha value is -0.380. The average Bonchev–Trinajstić information content (AvgIpc) is 2.53. The minimum absolute atomic E-state index is 0.286. The molecule has 1 rings (SSSR count). The number of nitrogens with one attached hydrogen (secondary N) is 1. The van der Waals surface area contributed by atoms with Crippen LogP contribution >= 0.6 is 11.3 Å². The highest BCUT2D eigenvalue weighted by Crippen LogP contribution is 2.31. The van der Waals surface area contributed by atoms with E-state index in [0.29, 0.717) is 11.8 Å². The molecule has 1 aromatic rings. The van der Waals surface area contributed by atoms with Crippen LogP contribution in [0.15, 0.2) is 12.1 Å². The smallest absolute Gasteiger partial charge is 0.0581 e. The van der Waals surface area contributed by atoms with E-state index in [4.69, 9.17) is 5.84 Å². The molecule has 0 aromatic carbocycles. The SMILES string of the molecule is Cc1ccc(C(NN)C(C)C(C)C)s1. The zero-order valence-electron chi connectivity index (χ0n) is 9.37. The van der Waals surface area contributed by atoms with E-state index in [1.165, 1.54) is 9.75 Å². The fourth-order valence-electron chi connectivity index (χ4n) is 1.50. The van der Waals surface area contributed by atoms with Crippen molar-refractivity contribution in [3.63, 3.8) is 0 Å². The average molecular weight is 212 g/mol. The summed E-state index contributed by atoms with van der Waals surface area (Å²) in [6.07, 6.45) is 0. The second-order valence-corrected chi connectivity index (χ2v) is 5.52. The highest BCUT2D eigenvalue weighted by molar-refractivity contribution is 7.12. The number of hydrogen-bond acceptors (Lipinski definition) is 3. The summed E-state index contributed by atoms with van der Waals surface area (Å²) < 4.78 is 0. The quantitative estimate of drug-likeness (QED) is 0.595. The Morgan fingerprint density at radius 3 is 2.29 bits per heavy atom. The molecule has 0 spiro atoms. The van der Waals surface area contributed by atoms with Crippen molar-refractivity contribution in [2.24, 2.45) is 17.7 Å². The second-order valence-electron chi connectivity index (χ2n) is 4.20. The van der Waals surface area contributed by atoms with Crippen molar-refractivity contribution in [1.29, 1.82) is 0 Å². The Labute approximate surface area is 90.5 Å². The largest absolute Gasteiger partial charge is 0.271 e. The van der Waals surface area contributed by atoms with Crippen LogP contribution in [0.2, 0.25) is 0 Å². The Morgan fingerprint density at radius 1 is 1.29 bits per heavy atom. The van der Waals surface area contributed by atoms with Crippen molar-refractivity contribution < 1.29 is 0 Å². The van der Waals surface area contributed by atoms with Crippen LogP contribution in [0.3, 0.4) is 0 Å². The number of thiophene rings is 1. The van der Waals surface area contributed by atoms with Gasteiger partial charge < -0.3 is 0 Å². The van der Waals surface area contributed by atoms with Crippen LogP contribution in [-0.2, 0) is 0 Å². The van der Waals surface area contributed by atoms with E-state index in [-0.39, 0.29) is 6.04 Å². The topological polar surface area (TPSA) is 38.0 Å². The van der Waals surface area contributed by atoms with Crippen molar-refractivity contribution in [1.82, 2.24) is 5.43 Å². The van der Waals surface area contributed by atoms with Crippen LogP contribution in [0.25, 0.3) is 0 Å². The van der Waals surface area contributed by atoms with Crippen LogP contribution in [-0.4, -0.2) is 0 Å². The second kappa shape index (κ2) is 4.91. The van der Waals surface area contributed by atoms with Gasteiger partial charge in [-0.2, -0.15) is 0 Å². The number of rotatable bonds is 4. The summed E-state index contributed by atoms with van der Waals surface area (Å²) in [4.78, 5) is 2.68. The van der Waals surface area contributed by atoms with Gasteiger partial charge in [0.1, 0.15) is 0 Å². The van der Waals surface area contributed by atoms with Crippen LogP contribution in [0.5, 0.6) is 0 Å². The molecular formula is C11H20N2S. The van der Waals surface area contributed by atoms with E-state index in [9.17, 15) is 0 Å². The van der Waals surface area contributed by atoms with Gasteiger partial charge in [0.05, 0.1) is 6.04 Å². The number of nitrogens with two attached hydrogens (primary N) is 1. The van der Waals surface area contributed by atoms with Gasteiger partial charge in [0.25, 0.3) is 0 Å². The molecule has 2 unspecified atom stereocenters. The molecule has 14 heavy (non-hydrogen) atoms. The van der Waals surface area contributed by atoms with Gasteiger partial charge in [-0.1, -0.05) is 20.8 Å². The van der Waals surface area contributed by atoms with E-state index in [2.05, 4.69) is 45.3 Å². The first-order valence-electron chi connectivity index (χ1n) is 5.08. The summed E-state index contributed by atoms with van der Waals surface area (Å²) >= 11 is 1.82. The van der Waals surface area contributed by atoms with E-state index in [1.54, 1.807) is 0 Å². The Bertz CT molecular complexity index is 281. The molecule has 0 saturated carbocycles. The third-order valence-corrected chi connectivity index (χ3v) is 3.91. The fraction of sp³-hybridized carbons (Fsp3) is 0.636.